The van der Waals surface area contributed by atoms with Crippen molar-refractivity contribution in [2.75, 3.05) is 39.6 Å². The lowest BCUT2D eigenvalue weighted by molar-refractivity contribution is -0.161. The highest BCUT2D eigenvalue weighted by Crippen LogP contribution is 2.45. The normalized spacial score (nSPS) is 14.1. The lowest BCUT2D eigenvalue weighted by atomic mass is 10.0. The molecule has 0 bridgehead atoms. The number of carbonyl (C=O) groups is 4. The Morgan fingerprint density at radius 2 is 0.481 bits per heavy atom. The number of allylic oxidation sites excluding steroid dienone is 10. The van der Waals surface area contributed by atoms with Gasteiger partial charge in [0.1, 0.15) is 19.3 Å². The van der Waals surface area contributed by atoms with Gasteiger partial charge in [-0.15, -0.1) is 0 Å². The fourth-order valence-electron chi connectivity index (χ4n) is 12.0. The van der Waals surface area contributed by atoms with E-state index in [9.17, 15) is 43.2 Å². The molecule has 0 aromatic carbocycles. The minimum absolute atomic E-state index is 0.0245. The third kappa shape index (κ3) is 76.9. The second-order valence-corrected chi connectivity index (χ2v) is 31.7. The van der Waals surface area contributed by atoms with Gasteiger partial charge in [0.25, 0.3) is 0 Å². The number of phosphoric ester groups is 2. The molecule has 0 radical (unpaired) electrons. The topological polar surface area (TPSA) is 237 Å². The largest absolute Gasteiger partial charge is 0.472 e. The van der Waals surface area contributed by atoms with E-state index in [0.717, 1.165) is 109 Å². The van der Waals surface area contributed by atoms with Crippen molar-refractivity contribution in [1.82, 2.24) is 0 Å². The van der Waals surface area contributed by atoms with Crippen LogP contribution in [-0.4, -0.2) is 96.7 Å². The Bertz CT molecular complexity index is 2200. The van der Waals surface area contributed by atoms with E-state index in [0.29, 0.717) is 32.1 Å². The molecule has 0 saturated heterocycles. The number of hydrogen-bond acceptors (Lipinski definition) is 15. The Hall–Kier alpha value is -3.24. The van der Waals surface area contributed by atoms with E-state index >= 15 is 0 Å². The molecule has 0 aliphatic carbocycles. The van der Waals surface area contributed by atoms with Gasteiger partial charge in [-0.25, -0.2) is 9.13 Å². The standard InChI is InChI=1S/C85H156O17P2/c1-5-9-13-17-21-25-29-33-37-39-43-47-51-55-59-63-67-71-84(89)101-80(75-95-82(87)69-65-61-57-53-49-45-41-35-31-27-23-19-15-11-7-3)77-99-103(91,92)97-73-79(86)74-98-104(93,94)100-78-81(76-96-83(88)70-66-62-58-54-50-46-42-36-32-28-24-20-16-12-8-4)102-85(90)72-68-64-60-56-52-48-44-40-38-34-30-26-22-18-14-10-6-2/h21,25,33,36-37,42-43,47,55,59,79-81,86H,5-20,22-24,26-32,34-35,38-41,44-46,48-54,56-58,60-78H2,1-4H3,(H,91,92)(H,93,94)/b25-21-,37-33-,42-36-,47-43-,59-55-/t79-,80-,81-/m1/s1. The minimum atomic E-state index is -4.99. The van der Waals surface area contributed by atoms with Crippen LogP contribution in [0, 0.1) is 0 Å². The maximum absolute atomic E-state index is 13.1. The number of aliphatic hydroxyl groups excluding tert-OH is 1. The van der Waals surface area contributed by atoms with Gasteiger partial charge in [0, 0.05) is 25.7 Å². The first-order valence-electron chi connectivity index (χ1n) is 42.5. The molecule has 19 heteroatoms. The van der Waals surface area contributed by atoms with Crippen molar-refractivity contribution in [3.05, 3.63) is 60.8 Å². The Morgan fingerprint density at radius 3 is 0.788 bits per heavy atom. The fraction of sp³-hybridized carbons (Fsp3) is 0.835. The molecular weight excluding hydrogens is 1350 g/mol. The summed E-state index contributed by atoms with van der Waals surface area (Å²) in [7, 11) is -9.96. The van der Waals surface area contributed by atoms with Crippen molar-refractivity contribution in [2.24, 2.45) is 0 Å². The van der Waals surface area contributed by atoms with Crippen LogP contribution in [0.15, 0.2) is 60.8 Å². The summed E-state index contributed by atoms with van der Waals surface area (Å²) >= 11 is 0. The third-order valence-electron chi connectivity index (χ3n) is 18.5. The van der Waals surface area contributed by atoms with Crippen molar-refractivity contribution in [3.63, 3.8) is 0 Å². The zero-order valence-corrected chi connectivity index (χ0v) is 68.5. The quantitative estimate of drug-likeness (QED) is 0.0169. The van der Waals surface area contributed by atoms with Crippen LogP contribution < -0.4 is 0 Å². The van der Waals surface area contributed by atoms with Gasteiger partial charge in [0.2, 0.25) is 0 Å². The molecule has 0 saturated carbocycles. The number of phosphoric acid groups is 2. The van der Waals surface area contributed by atoms with Gasteiger partial charge in [-0.05, 0) is 89.9 Å². The van der Waals surface area contributed by atoms with Gasteiger partial charge in [0.05, 0.1) is 26.4 Å². The molecule has 5 atom stereocenters. The molecule has 608 valence electrons. The molecule has 0 rings (SSSR count). The highest BCUT2D eigenvalue weighted by atomic mass is 31.2. The Labute approximate surface area is 635 Å². The predicted molar refractivity (Wildman–Crippen MR) is 427 cm³/mol. The van der Waals surface area contributed by atoms with Gasteiger partial charge in [-0.3, -0.25) is 37.3 Å². The van der Waals surface area contributed by atoms with Crippen LogP contribution in [0.3, 0.4) is 0 Å². The van der Waals surface area contributed by atoms with E-state index in [1.54, 1.807) is 0 Å². The minimum Gasteiger partial charge on any atom is -0.462 e. The number of carbonyl (C=O) groups excluding carboxylic acids is 4. The molecule has 104 heavy (non-hydrogen) atoms. The summed E-state index contributed by atoms with van der Waals surface area (Å²) in [5, 5.41) is 10.7. The van der Waals surface area contributed by atoms with E-state index in [2.05, 4.69) is 76.3 Å². The maximum atomic E-state index is 13.1. The zero-order chi connectivity index (χ0) is 76.0. The lowest BCUT2D eigenvalue weighted by Gasteiger charge is -2.21. The van der Waals surface area contributed by atoms with Crippen LogP contribution in [0.25, 0.3) is 0 Å². The summed E-state index contributed by atoms with van der Waals surface area (Å²) in [4.78, 5) is 73.1. The molecular formula is C85H156O17P2. The summed E-state index contributed by atoms with van der Waals surface area (Å²) in [5.74, 6) is -2.21. The zero-order valence-electron chi connectivity index (χ0n) is 66.7. The molecule has 2 unspecified atom stereocenters. The Balaban J connectivity index is 5.37. The molecule has 0 aliphatic heterocycles. The van der Waals surface area contributed by atoms with Gasteiger partial charge < -0.3 is 33.8 Å². The Kier molecular flexibility index (Phi) is 75.5. The van der Waals surface area contributed by atoms with Crippen LogP contribution in [0.4, 0.5) is 0 Å². The number of unbranched alkanes of at least 4 members (excludes halogenated alkanes) is 45. The molecule has 0 aromatic rings. The maximum Gasteiger partial charge on any atom is 0.472 e. The third-order valence-corrected chi connectivity index (χ3v) is 20.4. The number of aliphatic hydroxyl groups is 1. The highest BCUT2D eigenvalue weighted by molar-refractivity contribution is 7.47. The van der Waals surface area contributed by atoms with Crippen molar-refractivity contribution < 1.29 is 80.2 Å². The van der Waals surface area contributed by atoms with Gasteiger partial charge in [-0.2, -0.15) is 0 Å². The van der Waals surface area contributed by atoms with Crippen LogP contribution in [-0.2, 0) is 65.4 Å². The average molecular weight is 1510 g/mol. The number of ether oxygens (including phenoxy) is 4. The number of esters is 4. The van der Waals surface area contributed by atoms with E-state index < -0.39 is 97.5 Å². The van der Waals surface area contributed by atoms with Gasteiger partial charge in [0.15, 0.2) is 12.2 Å². The molecule has 0 fully saturated rings. The highest BCUT2D eigenvalue weighted by Gasteiger charge is 2.30. The van der Waals surface area contributed by atoms with Crippen LogP contribution in [0.1, 0.15) is 400 Å². The fourth-order valence-corrected chi connectivity index (χ4v) is 13.6. The molecule has 3 N–H and O–H groups in total. The molecule has 0 spiro atoms. The first-order chi connectivity index (χ1) is 50.7. The van der Waals surface area contributed by atoms with Crippen molar-refractivity contribution in [2.45, 2.75) is 418 Å². The van der Waals surface area contributed by atoms with Crippen LogP contribution >= 0.6 is 15.6 Å². The summed E-state index contributed by atoms with van der Waals surface area (Å²) in [6, 6.07) is 0. The molecule has 0 aromatic heterocycles. The van der Waals surface area contributed by atoms with E-state index in [1.807, 2.05) is 12.2 Å². The van der Waals surface area contributed by atoms with Crippen LogP contribution in [0.5, 0.6) is 0 Å². The smallest absolute Gasteiger partial charge is 0.462 e. The molecule has 17 nitrogen and oxygen atoms in total. The SMILES string of the molecule is CCCCC/C=C\C/C=C\C/C=C\C/C=C\CCCC(=O)O[C@H](COC(=O)CCCCCCCCCCCCCCCCC)COP(=O)(O)OC[C@@H](O)COP(=O)(O)OC[C@@H](COC(=O)CCCCCCC/C=C\CCCCCCCC)OC(=O)CCCCCCCCCCCCCCCCCCC. The second-order valence-electron chi connectivity index (χ2n) is 28.8. The van der Waals surface area contributed by atoms with E-state index in [1.165, 1.54) is 205 Å². The summed E-state index contributed by atoms with van der Waals surface area (Å²) in [6.45, 7) is 4.88. The van der Waals surface area contributed by atoms with Gasteiger partial charge in [-0.1, -0.05) is 345 Å². The number of rotatable bonds is 81. The van der Waals surface area contributed by atoms with Crippen molar-refractivity contribution >= 4 is 39.5 Å². The second kappa shape index (κ2) is 77.9. The van der Waals surface area contributed by atoms with Crippen LogP contribution in [0.2, 0.25) is 0 Å². The molecule has 0 aliphatic rings. The first-order valence-corrected chi connectivity index (χ1v) is 45.5. The predicted octanol–water partition coefficient (Wildman–Crippen LogP) is 25.0. The summed E-state index contributed by atoms with van der Waals surface area (Å²) < 4.78 is 68.7. The van der Waals surface area contributed by atoms with Gasteiger partial charge >= 0.3 is 39.5 Å². The van der Waals surface area contributed by atoms with E-state index in [-0.39, 0.29) is 25.7 Å². The molecule has 0 heterocycles. The number of hydrogen-bond donors (Lipinski definition) is 3. The monoisotopic (exact) mass is 1510 g/mol. The first kappa shape index (κ1) is 101. The van der Waals surface area contributed by atoms with Crippen molar-refractivity contribution in [3.8, 4) is 0 Å². The van der Waals surface area contributed by atoms with Crippen molar-refractivity contribution in [1.29, 1.82) is 0 Å². The summed E-state index contributed by atoms with van der Waals surface area (Å²) in [6.07, 6.45) is 79.0. The van der Waals surface area contributed by atoms with E-state index in [4.69, 9.17) is 37.0 Å². The lowest BCUT2D eigenvalue weighted by Crippen LogP contribution is -2.30. The Morgan fingerprint density at radius 1 is 0.269 bits per heavy atom. The molecule has 0 amide bonds. The average Bonchev–Trinajstić information content (AvgIpc) is 0.907. The summed E-state index contributed by atoms with van der Waals surface area (Å²) in [5.41, 5.74) is 0.